The molecule has 0 radical (unpaired) electrons. The maximum absolute atomic E-state index is 12.0. The largest absolute Gasteiger partial charge is 0.334 e. The Morgan fingerprint density at radius 2 is 2.06 bits per heavy atom. The van der Waals surface area contributed by atoms with E-state index in [1.165, 1.54) is 11.1 Å². The first-order valence-electron chi connectivity index (χ1n) is 5.65. The molecule has 86 valence electrons. The quantitative estimate of drug-likeness (QED) is 0.725. The van der Waals surface area contributed by atoms with Gasteiger partial charge in [-0.3, -0.25) is 9.78 Å². The van der Waals surface area contributed by atoms with Crippen LogP contribution in [0.2, 0.25) is 0 Å². The summed E-state index contributed by atoms with van der Waals surface area (Å²) in [6.45, 7) is 7.74. The highest BCUT2D eigenvalue weighted by Gasteiger charge is 2.26. The Bertz CT molecular complexity index is 382. The fourth-order valence-corrected chi connectivity index (χ4v) is 1.96. The van der Waals surface area contributed by atoms with Gasteiger partial charge in [0.25, 0.3) is 0 Å². The summed E-state index contributed by atoms with van der Waals surface area (Å²) in [5.74, 6) is 0.240. The highest BCUT2D eigenvalue weighted by atomic mass is 16.2. The van der Waals surface area contributed by atoms with Crippen LogP contribution in [0.5, 0.6) is 0 Å². The van der Waals surface area contributed by atoms with Crippen molar-refractivity contribution in [3.63, 3.8) is 0 Å². The van der Waals surface area contributed by atoms with Crippen LogP contribution in [0.3, 0.4) is 0 Å². The molecule has 0 unspecified atom stereocenters. The minimum atomic E-state index is 0.0596. The smallest absolute Gasteiger partial charge is 0.223 e. The third kappa shape index (κ3) is 2.40. The van der Waals surface area contributed by atoms with Crippen LogP contribution in [0, 0.1) is 5.41 Å². The molecule has 1 amide bonds. The first kappa shape index (κ1) is 11.1. The first-order valence-corrected chi connectivity index (χ1v) is 5.65. The van der Waals surface area contributed by atoms with E-state index in [4.69, 9.17) is 0 Å². The summed E-state index contributed by atoms with van der Waals surface area (Å²) in [6.07, 6.45) is 4.25. The van der Waals surface area contributed by atoms with Gasteiger partial charge in [0.1, 0.15) is 0 Å². The molecule has 3 nitrogen and oxygen atoms in total. The molecule has 16 heavy (non-hydrogen) atoms. The number of aromatic nitrogens is 1. The summed E-state index contributed by atoms with van der Waals surface area (Å²) in [4.78, 5) is 18.0. The van der Waals surface area contributed by atoms with Gasteiger partial charge < -0.3 is 4.90 Å². The SMILES string of the molecule is CC(C)(C)CC(=O)N1Cc2ccncc2C1. The number of nitrogens with zero attached hydrogens (tertiary/aromatic N) is 2. The van der Waals surface area contributed by atoms with Crippen LogP contribution in [0.4, 0.5) is 0 Å². The van der Waals surface area contributed by atoms with E-state index in [9.17, 15) is 4.79 Å². The second kappa shape index (κ2) is 3.89. The average Bonchev–Trinajstić information content (AvgIpc) is 2.58. The molecule has 1 aromatic rings. The van der Waals surface area contributed by atoms with Crippen molar-refractivity contribution in [2.45, 2.75) is 40.3 Å². The maximum Gasteiger partial charge on any atom is 0.223 e. The van der Waals surface area contributed by atoms with Gasteiger partial charge in [0.15, 0.2) is 0 Å². The summed E-state index contributed by atoms with van der Waals surface area (Å²) >= 11 is 0. The van der Waals surface area contributed by atoms with Gasteiger partial charge >= 0.3 is 0 Å². The number of amides is 1. The topological polar surface area (TPSA) is 33.2 Å². The molecule has 0 bridgehead atoms. The lowest BCUT2D eigenvalue weighted by Crippen LogP contribution is -2.28. The number of pyridine rings is 1. The van der Waals surface area contributed by atoms with Crippen molar-refractivity contribution < 1.29 is 4.79 Å². The van der Waals surface area contributed by atoms with E-state index in [1.54, 1.807) is 6.20 Å². The third-order valence-corrected chi connectivity index (χ3v) is 2.76. The van der Waals surface area contributed by atoms with Gasteiger partial charge in [-0.1, -0.05) is 20.8 Å². The lowest BCUT2D eigenvalue weighted by atomic mass is 9.92. The summed E-state index contributed by atoms with van der Waals surface area (Å²) in [6, 6.07) is 2.00. The second-order valence-corrected chi connectivity index (χ2v) is 5.63. The fourth-order valence-electron chi connectivity index (χ4n) is 1.96. The molecular formula is C13H18N2O. The van der Waals surface area contributed by atoms with E-state index in [0.717, 1.165) is 13.1 Å². The van der Waals surface area contributed by atoms with E-state index in [-0.39, 0.29) is 11.3 Å². The molecular weight excluding hydrogens is 200 g/mol. The Labute approximate surface area is 96.5 Å². The Balaban J connectivity index is 2.04. The van der Waals surface area contributed by atoms with Crippen molar-refractivity contribution in [1.82, 2.24) is 9.88 Å². The van der Waals surface area contributed by atoms with Crippen LogP contribution in [-0.2, 0) is 17.9 Å². The van der Waals surface area contributed by atoms with Crippen molar-refractivity contribution in [3.8, 4) is 0 Å². The minimum Gasteiger partial charge on any atom is -0.334 e. The normalized spacial score (nSPS) is 15.1. The Kier molecular flexibility index (Phi) is 2.70. The van der Waals surface area contributed by atoms with Gasteiger partial charge in [0.05, 0.1) is 0 Å². The van der Waals surface area contributed by atoms with Gasteiger partial charge in [-0.05, 0) is 22.6 Å². The number of fused-ring (bicyclic) bond motifs is 1. The zero-order valence-corrected chi connectivity index (χ0v) is 10.2. The second-order valence-electron chi connectivity index (χ2n) is 5.63. The molecule has 0 spiro atoms. The lowest BCUT2D eigenvalue weighted by Gasteiger charge is -2.22. The fraction of sp³-hybridized carbons (Fsp3) is 0.538. The highest BCUT2D eigenvalue weighted by molar-refractivity contribution is 5.77. The summed E-state index contributed by atoms with van der Waals surface area (Å²) in [5.41, 5.74) is 2.48. The highest BCUT2D eigenvalue weighted by Crippen LogP contribution is 2.26. The van der Waals surface area contributed by atoms with Crippen LogP contribution < -0.4 is 0 Å². The molecule has 1 aliphatic rings. The molecule has 0 aliphatic carbocycles. The van der Waals surface area contributed by atoms with Crippen LogP contribution in [0.15, 0.2) is 18.5 Å². The third-order valence-electron chi connectivity index (χ3n) is 2.76. The zero-order chi connectivity index (χ0) is 11.8. The van der Waals surface area contributed by atoms with E-state index < -0.39 is 0 Å². The van der Waals surface area contributed by atoms with E-state index in [0.29, 0.717) is 6.42 Å². The molecule has 0 aromatic carbocycles. The van der Waals surface area contributed by atoms with Crippen molar-refractivity contribution >= 4 is 5.91 Å². The molecule has 0 N–H and O–H groups in total. The van der Waals surface area contributed by atoms with Crippen molar-refractivity contribution in [2.75, 3.05) is 0 Å². The van der Waals surface area contributed by atoms with Gasteiger partial charge in [-0.2, -0.15) is 0 Å². The van der Waals surface area contributed by atoms with Crippen LogP contribution in [0.1, 0.15) is 38.3 Å². The molecule has 1 aromatic heterocycles. The molecule has 0 saturated heterocycles. The standard InChI is InChI=1S/C13H18N2O/c1-13(2,3)6-12(16)15-8-10-4-5-14-7-11(10)9-15/h4-5,7H,6,8-9H2,1-3H3. The Hall–Kier alpha value is -1.38. The zero-order valence-electron chi connectivity index (χ0n) is 10.2. The maximum atomic E-state index is 12.0. The number of carbonyl (C=O) groups excluding carboxylic acids is 1. The minimum absolute atomic E-state index is 0.0596. The number of hydrogen-bond donors (Lipinski definition) is 0. The van der Waals surface area contributed by atoms with Crippen molar-refractivity contribution in [2.24, 2.45) is 5.41 Å². The monoisotopic (exact) mass is 218 g/mol. The Morgan fingerprint density at radius 1 is 1.38 bits per heavy atom. The molecule has 0 fully saturated rings. The summed E-state index contributed by atoms with van der Waals surface area (Å²) in [7, 11) is 0. The van der Waals surface area contributed by atoms with Gasteiger partial charge in [0, 0.05) is 31.9 Å². The van der Waals surface area contributed by atoms with Crippen LogP contribution >= 0.6 is 0 Å². The molecule has 2 heterocycles. The predicted octanol–water partition coefficient (Wildman–Crippen LogP) is 2.36. The number of carbonyl (C=O) groups is 1. The van der Waals surface area contributed by atoms with E-state index >= 15 is 0 Å². The van der Waals surface area contributed by atoms with E-state index in [2.05, 4.69) is 25.8 Å². The molecule has 1 aliphatic heterocycles. The van der Waals surface area contributed by atoms with Gasteiger partial charge in [0.2, 0.25) is 5.91 Å². The number of rotatable bonds is 1. The van der Waals surface area contributed by atoms with Gasteiger partial charge in [-0.25, -0.2) is 0 Å². The Morgan fingerprint density at radius 3 is 2.69 bits per heavy atom. The van der Waals surface area contributed by atoms with Crippen molar-refractivity contribution in [1.29, 1.82) is 0 Å². The lowest BCUT2D eigenvalue weighted by molar-refractivity contribution is -0.133. The predicted molar refractivity (Wildman–Crippen MR) is 62.6 cm³/mol. The average molecular weight is 218 g/mol. The summed E-state index contributed by atoms with van der Waals surface area (Å²) < 4.78 is 0. The molecule has 0 atom stereocenters. The molecule has 0 saturated carbocycles. The van der Waals surface area contributed by atoms with Gasteiger partial charge in [-0.15, -0.1) is 0 Å². The molecule has 3 heteroatoms. The first-order chi connectivity index (χ1) is 7.46. The van der Waals surface area contributed by atoms with Crippen molar-refractivity contribution in [3.05, 3.63) is 29.6 Å². The molecule has 2 rings (SSSR count). The number of hydrogen-bond acceptors (Lipinski definition) is 2. The van der Waals surface area contributed by atoms with Crippen LogP contribution in [-0.4, -0.2) is 15.8 Å². The van der Waals surface area contributed by atoms with E-state index in [1.807, 2.05) is 17.2 Å². The summed E-state index contributed by atoms with van der Waals surface area (Å²) in [5, 5.41) is 0. The van der Waals surface area contributed by atoms with Crippen LogP contribution in [0.25, 0.3) is 0 Å².